The van der Waals surface area contributed by atoms with Crippen LogP contribution >= 0.6 is 0 Å². The zero-order valence-electron chi connectivity index (χ0n) is 8.33. The summed E-state index contributed by atoms with van der Waals surface area (Å²) in [4.78, 5) is 11.2. The molecule has 0 aromatic rings. The first kappa shape index (κ1) is 9.93. The van der Waals surface area contributed by atoms with Crippen LogP contribution in [0, 0.1) is 0 Å². The first-order valence-corrected chi connectivity index (χ1v) is 5.45. The molecule has 2 fully saturated rings. The molecule has 2 rings (SSSR count). The Morgan fingerprint density at radius 2 is 2.00 bits per heavy atom. The van der Waals surface area contributed by atoms with Gasteiger partial charge in [0.2, 0.25) is 5.91 Å². The molecule has 0 aromatic heterocycles. The van der Waals surface area contributed by atoms with Crippen molar-refractivity contribution in [2.45, 2.75) is 50.3 Å². The highest BCUT2D eigenvalue weighted by molar-refractivity contribution is 5.76. The second kappa shape index (κ2) is 4.28. The molecular weight excluding hydrogens is 180 g/mol. The molecule has 4 heteroatoms. The molecule has 14 heavy (non-hydrogen) atoms. The van der Waals surface area contributed by atoms with Gasteiger partial charge in [-0.05, 0) is 25.7 Å². The van der Waals surface area contributed by atoms with Crippen LogP contribution < -0.4 is 10.6 Å². The third kappa shape index (κ3) is 2.96. The minimum absolute atomic E-state index is 0.118. The van der Waals surface area contributed by atoms with E-state index in [1.807, 2.05) is 0 Å². The summed E-state index contributed by atoms with van der Waals surface area (Å²) in [5.74, 6) is 0.153. The number of carbonyl (C=O) groups excluding carboxylic acids is 1. The van der Waals surface area contributed by atoms with Crippen molar-refractivity contribution in [3.05, 3.63) is 0 Å². The summed E-state index contributed by atoms with van der Waals surface area (Å²) in [7, 11) is 0. The molecule has 0 spiro atoms. The summed E-state index contributed by atoms with van der Waals surface area (Å²) in [6.07, 6.45) is 4.41. The number of carbonyl (C=O) groups is 1. The lowest BCUT2D eigenvalue weighted by Gasteiger charge is -2.32. The molecule has 0 heterocycles. The Morgan fingerprint density at radius 3 is 2.57 bits per heavy atom. The largest absolute Gasteiger partial charge is 0.393 e. The van der Waals surface area contributed by atoms with Crippen LogP contribution in [0.5, 0.6) is 0 Å². The van der Waals surface area contributed by atoms with Gasteiger partial charge in [-0.25, -0.2) is 0 Å². The van der Waals surface area contributed by atoms with Gasteiger partial charge in [0, 0.05) is 25.0 Å². The summed E-state index contributed by atoms with van der Waals surface area (Å²) in [6.45, 7) is 0.732. The maximum Gasteiger partial charge on any atom is 0.221 e. The molecule has 2 saturated carbocycles. The molecule has 0 atom stereocenters. The molecule has 0 aromatic carbocycles. The predicted octanol–water partition coefficient (Wildman–Crippen LogP) is -0.232. The van der Waals surface area contributed by atoms with Crippen molar-refractivity contribution in [1.82, 2.24) is 10.6 Å². The second-order valence-electron chi connectivity index (χ2n) is 4.37. The van der Waals surface area contributed by atoms with Gasteiger partial charge in [0.15, 0.2) is 0 Å². The SMILES string of the molecule is O=C(CCNC1CC(O)C1)NC1CC1. The molecular formula is C10H18N2O2. The predicted molar refractivity (Wildman–Crippen MR) is 52.8 cm³/mol. The normalized spacial score (nSPS) is 30.9. The monoisotopic (exact) mass is 198 g/mol. The molecule has 2 aliphatic rings. The number of rotatable bonds is 5. The molecule has 0 unspecified atom stereocenters. The van der Waals surface area contributed by atoms with Gasteiger partial charge in [0.1, 0.15) is 0 Å². The molecule has 0 bridgehead atoms. The number of hydrogen-bond donors (Lipinski definition) is 3. The Kier molecular flexibility index (Phi) is 3.03. The van der Waals surface area contributed by atoms with Crippen LogP contribution in [0.3, 0.4) is 0 Å². The average molecular weight is 198 g/mol. The Balaban J connectivity index is 1.47. The Hall–Kier alpha value is -0.610. The minimum Gasteiger partial charge on any atom is -0.393 e. The molecule has 3 N–H and O–H groups in total. The number of amides is 1. The van der Waals surface area contributed by atoms with Gasteiger partial charge in [-0.3, -0.25) is 4.79 Å². The van der Waals surface area contributed by atoms with E-state index in [-0.39, 0.29) is 12.0 Å². The van der Waals surface area contributed by atoms with Crippen molar-refractivity contribution >= 4 is 5.91 Å². The van der Waals surface area contributed by atoms with E-state index in [4.69, 9.17) is 5.11 Å². The summed E-state index contributed by atoms with van der Waals surface area (Å²) in [5.41, 5.74) is 0. The maximum absolute atomic E-state index is 11.2. The van der Waals surface area contributed by atoms with Crippen molar-refractivity contribution in [1.29, 1.82) is 0 Å². The van der Waals surface area contributed by atoms with Crippen molar-refractivity contribution in [2.75, 3.05) is 6.54 Å². The molecule has 2 aliphatic carbocycles. The first-order valence-electron chi connectivity index (χ1n) is 5.45. The molecule has 4 nitrogen and oxygen atoms in total. The van der Waals surface area contributed by atoms with Gasteiger partial charge in [-0.15, -0.1) is 0 Å². The van der Waals surface area contributed by atoms with Gasteiger partial charge in [0.25, 0.3) is 0 Å². The van der Waals surface area contributed by atoms with E-state index >= 15 is 0 Å². The lowest BCUT2D eigenvalue weighted by atomic mass is 9.89. The van der Waals surface area contributed by atoms with Crippen molar-refractivity contribution in [2.24, 2.45) is 0 Å². The van der Waals surface area contributed by atoms with Crippen LogP contribution in [0.15, 0.2) is 0 Å². The number of aliphatic hydroxyl groups is 1. The molecule has 0 radical (unpaired) electrons. The van der Waals surface area contributed by atoms with Crippen LogP contribution in [0.25, 0.3) is 0 Å². The van der Waals surface area contributed by atoms with Crippen LogP contribution in [-0.4, -0.2) is 35.7 Å². The van der Waals surface area contributed by atoms with Crippen LogP contribution in [0.4, 0.5) is 0 Å². The topological polar surface area (TPSA) is 61.4 Å². The molecule has 80 valence electrons. The third-order valence-electron chi connectivity index (χ3n) is 2.84. The number of hydrogen-bond acceptors (Lipinski definition) is 3. The highest BCUT2D eigenvalue weighted by Gasteiger charge is 2.27. The molecule has 1 amide bonds. The third-order valence-corrected chi connectivity index (χ3v) is 2.84. The molecule has 0 aliphatic heterocycles. The van der Waals surface area contributed by atoms with Gasteiger partial charge in [-0.2, -0.15) is 0 Å². The zero-order valence-corrected chi connectivity index (χ0v) is 8.33. The second-order valence-corrected chi connectivity index (χ2v) is 4.37. The molecule has 0 saturated heterocycles. The van der Waals surface area contributed by atoms with E-state index in [1.165, 1.54) is 0 Å². The van der Waals surface area contributed by atoms with Crippen LogP contribution in [0.1, 0.15) is 32.1 Å². The van der Waals surface area contributed by atoms with Crippen molar-refractivity contribution in [3.63, 3.8) is 0 Å². The van der Waals surface area contributed by atoms with E-state index < -0.39 is 0 Å². The fourth-order valence-corrected chi connectivity index (χ4v) is 1.67. The maximum atomic E-state index is 11.2. The fourth-order valence-electron chi connectivity index (χ4n) is 1.67. The number of nitrogens with one attached hydrogen (secondary N) is 2. The Bertz CT molecular complexity index is 210. The van der Waals surface area contributed by atoms with Gasteiger partial charge in [-0.1, -0.05) is 0 Å². The van der Waals surface area contributed by atoms with E-state index in [2.05, 4.69) is 10.6 Å². The van der Waals surface area contributed by atoms with Gasteiger partial charge < -0.3 is 15.7 Å². The summed E-state index contributed by atoms with van der Waals surface area (Å²) in [5, 5.41) is 15.2. The highest BCUT2D eigenvalue weighted by atomic mass is 16.3. The standard InChI is InChI=1S/C10H18N2O2/c13-9-5-8(6-9)11-4-3-10(14)12-7-1-2-7/h7-9,11,13H,1-6H2,(H,12,14). The van der Waals surface area contributed by atoms with Crippen LogP contribution in [0.2, 0.25) is 0 Å². The minimum atomic E-state index is -0.118. The van der Waals surface area contributed by atoms with Crippen molar-refractivity contribution < 1.29 is 9.90 Å². The van der Waals surface area contributed by atoms with Crippen LogP contribution in [-0.2, 0) is 4.79 Å². The van der Waals surface area contributed by atoms with E-state index in [0.29, 0.717) is 18.5 Å². The first-order chi connectivity index (χ1) is 6.74. The van der Waals surface area contributed by atoms with Gasteiger partial charge in [0.05, 0.1) is 6.10 Å². The fraction of sp³-hybridized carbons (Fsp3) is 0.900. The lowest BCUT2D eigenvalue weighted by Crippen LogP contribution is -2.45. The summed E-state index contributed by atoms with van der Waals surface area (Å²) < 4.78 is 0. The zero-order chi connectivity index (χ0) is 9.97. The highest BCUT2D eigenvalue weighted by Crippen LogP contribution is 2.19. The average Bonchev–Trinajstić information content (AvgIpc) is 2.85. The Labute approximate surface area is 84.1 Å². The lowest BCUT2D eigenvalue weighted by molar-refractivity contribution is -0.121. The Morgan fingerprint density at radius 1 is 1.29 bits per heavy atom. The van der Waals surface area contributed by atoms with Gasteiger partial charge >= 0.3 is 0 Å². The van der Waals surface area contributed by atoms with E-state index in [0.717, 1.165) is 32.2 Å². The quantitative estimate of drug-likeness (QED) is 0.572. The smallest absolute Gasteiger partial charge is 0.221 e. The number of aliphatic hydroxyl groups excluding tert-OH is 1. The van der Waals surface area contributed by atoms with Crippen molar-refractivity contribution in [3.8, 4) is 0 Å². The summed E-state index contributed by atoms with van der Waals surface area (Å²) >= 11 is 0. The van der Waals surface area contributed by atoms with E-state index in [9.17, 15) is 4.79 Å². The van der Waals surface area contributed by atoms with E-state index in [1.54, 1.807) is 0 Å². The summed E-state index contributed by atoms with van der Waals surface area (Å²) in [6, 6.07) is 0.895.